The van der Waals surface area contributed by atoms with E-state index in [1.54, 1.807) is 0 Å². The van der Waals surface area contributed by atoms with Crippen LogP contribution in [0.3, 0.4) is 0 Å². The van der Waals surface area contributed by atoms with Gasteiger partial charge in [-0.3, -0.25) is 0 Å². The number of hydrogen-bond acceptors (Lipinski definition) is 1. The first kappa shape index (κ1) is 25.8. The van der Waals surface area contributed by atoms with Crippen molar-refractivity contribution in [1.82, 2.24) is 0 Å². The Bertz CT molecular complexity index is 543. The molecule has 0 aliphatic rings. The molecule has 0 saturated heterocycles. The summed E-state index contributed by atoms with van der Waals surface area (Å²) in [6, 6.07) is 0. The van der Waals surface area contributed by atoms with Crippen molar-refractivity contribution < 1.29 is 79.7 Å². The van der Waals surface area contributed by atoms with Gasteiger partial charge in [-0.2, -0.15) is 70.2 Å². The average molecular weight is 450 g/mol. The lowest BCUT2D eigenvalue weighted by molar-refractivity contribution is -0.469. The maximum atomic E-state index is 13.0. The van der Waals surface area contributed by atoms with Gasteiger partial charge in [-0.1, -0.05) is 0 Å². The number of hydrogen-bond donors (Lipinski definition) is 1. The van der Waals surface area contributed by atoms with Gasteiger partial charge in [0.25, 0.3) is 0 Å². The van der Waals surface area contributed by atoms with Gasteiger partial charge in [0.2, 0.25) is 0 Å². The largest absolute Gasteiger partial charge is 0.423 e. The van der Waals surface area contributed by atoms with E-state index in [1.807, 2.05) is 0 Å². The molecule has 1 nitrogen and oxygen atoms in total. The molecular weight excluding hydrogens is 447 g/mol. The zero-order valence-corrected chi connectivity index (χ0v) is 11.6. The molecule has 0 aromatic rings. The van der Waals surface area contributed by atoms with Crippen LogP contribution in [0.25, 0.3) is 0 Å². The van der Waals surface area contributed by atoms with E-state index < -0.39 is 54.2 Å². The molecule has 0 atom stereocenters. The number of halogens is 17. The minimum absolute atomic E-state index is 3.93. The molecule has 0 aliphatic carbocycles. The fraction of sp³-hybridized carbons (Fsp3) is 1.00. The van der Waals surface area contributed by atoms with E-state index in [9.17, 15) is 74.6 Å². The van der Waals surface area contributed by atoms with Crippen LogP contribution < -0.4 is 0 Å². The lowest BCUT2D eigenvalue weighted by Crippen LogP contribution is -2.74. The van der Waals surface area contributed by atoms with Gasteiger partial charge in [-0.25, -0.2) is 4.39 Å². The second-order valence-corrected chi connectivity index (χ2v) is 4.83. The number of rotatable bonds is 8. The molecular formula is C9H3F17O. The topological polar surface area (TPSA) is 20.2 Å². The van der Waals surface area contributed by atoms with Gasteiger partial charge < -0.3 is 5.11 Å². The van der Waals surface area contributed by atoms with Crippen molar-refractivity contribution in [2.24, 2.45) is 0 Å². The Labute approximate surface area is 135 Å². The van der Waals surface area contributed by atoms with Crippen LogP contribution >= 0.6 is 0 Å². The van der Waals surface area contributed by atoms with Crippen molar-refractivity contribution in [3.05, 3.63) is 0 Å². The molecule has 0 fully saturated rings. The second kappa shape index (κ2) is 6.13. The fourth-order valence-electron chi connectivity index (χ4n) is 1.29. The van der Waals surface area contributed by atoms with Crippen LogP contribution in [0.2, 0.25) is 0 Å². The highest BCUT2D eigenvalue weighted by atomic mass is 19.4. The monoisotopic (exact) mass is 450 g/mol. The Morgan fingerprint density at radius 1 is 0.407 bits per heavy atom. The van der Waals surface area contributed by atoms with Crippen molar-refractivity contribution in [2.75, 3.05) is 6.67 Å². The van der Waals surface area contributed by atoms with Crippen LogP contribution in [-0.4, -0.2) is 59.3 Å². The number of alkyl halides is 17. The summed E-state index contributed by atoms with van der Waals surface area (Å²) in [5, 5.41) is 7.39. The van der Waals surface area contributed by atoms with Crippen LogP contribution in [0.1, 0.15) is 0 Å². The molecule has 18 heteroatoms. The van der Waals surface area contributed by atoms with Crippen molar-refractivity contribution in [1.29, 1.82) is 0 Å². The summed E-state index contributed by atoms with van der Waals surface area (Å²) in [6.07, 6.45) is -7.29. The second-order valence-electron chi connectivity index (χ2n) is 4.83. The van der Waals surface area contributed by atoms with Crippen LogP contribution in [0.15, 0.2) is 0 Å². The van der Waals surface area contributed by atoms with E-state index in [1.165, 1.54) is 0 Å². The predicted octanol–water partition coefficient (Wildman–Crippen LogP) is 4.99. The third-order valence-electron chi connectivity index (χ3n) is 2.98. The summed E-state index contributed by atoms with van der Waals surface area (Å²) in [4.78, 5) is 0. The van der Waals surface area contributed by atoms with Gasteiger partial charge in [0.1, 0.15) is 0 Å². The Balaban J connectivity index is 6.65. The Morgan fingerprint density at radius 2 is 0.630 bits per heavy atom. The minimum Gasteiger partial charge on any atom is -0.331 e. The molecule has 0 aliphatic heterocycles. The van der Waals surface area contributed by atoms with Gasteiger partial charge in [-0.15, -0.1) is 0 Å². The quantitative estimate of drug-likeness (QED) is 0.517. The third-order valence-corrected chi connectivity index (χ3v) is 2.98. The van der Waals surface area contributed by atoms with Gasteiger partial charge in [0.15, 0.2) is 6.67 Å². The zero-order chi connectivity index (χ0) is 22.7. The molecule has 0 aromatic carbocycles. The highest BCUT2D eigenvalue weighted by molar-refractivity contribution is 5.14. The average Bonchev–Trinajstić information content (AvgIpc) is 2.44. The van der Waals surface area contributed by atoms with E-state index in [4.69, 9.17) is 5.11 Å². The Hall–Kier alpha value is -1.23. The molecule has 0 saturated carbocycles. The summed E-state index contributed by atoms with van der Waals surface area (Å²) in [5.41, 5.74) is 0. The molecule has 1 N–H and O–H groups in total. The summed E-state index contributed by atoms with van der Waals surface area (Å²) >= 11 is 0. The van der Waals surface area contributed by atoms with Crippen molar-refractivity contribution >= 4 is 0 Å². The van der Waals surface area contributed by atoms with Crippen LogP contribution in [0, 0.1) is 0 Å². The smallest absolute Gasteiger partial charge is 0.331 e. The van der Waals surface area contributed by atoms with Crippen molar-refractivity contribution in [3.63, 3.8) is 0 Å². The van der Waals surface area contributed by atoms with Crippen molar-refractivity contribution in [3.8, 4) is 0 Å². The molecule has 0 heterocycles. The summed E-state index contributed by atoms with van der Waals surface area (Å²) < 4.78 is 214. The molecule has 0 bridgehead atoms. The molecule has 0 radical (unpaired) electrons. The minimum atomic E-state index is -8.60. The lowest BCUT2D eigenvalue weighted by Gasteiger charge is -2.42. The van der Waals surface area contributed by atoms with E-state index in [-0.39, 0.29) is 0 Å². The zero-order valence-electron chi connectivity index (χ0n) is 11.6. The normalized spacial score (nSPS) is 16.7. The maximum absolute atomic E-state index is 13.0. The van der Waals surface area contributed by atoms with Gasteiger partial charge >= 0.3 is 47.6 Å². The Kier molecular flexibility index (Phi) is 5.85. The van der Waals surface area contributed by atoms with E-state index in [0.29, 0.717) is 0 Å². The van der Waals surface area contributed by atoms with E-state index >= 15 is 0 Å². The summed E-state index contributed by atoms with van der Waals surface area (Å²) in [6.45, 7) is -3.93. The molecule has 0 aromatic heterocycles. The summed E-state index contributed by atoms with van der Waals surface area (Å²) in [7, 11) is 0. The fourth-order valence-corrected chi connectivity index (χ4v) is 1.29. The lowest BCUT2D eigenvalue weighted by atomic mass is 9.89. The highest BCUT2D eigenvalue weighted by Crippen LogP contribution is 2.63. The summed E-state index contributed by atoms with van der Waals surface area (Å²) in [5.74, 6) is -56.8. The molecule has 0 amide bonds. The van der Waals surface area contributed by atoms with Crippen LogP contribution in [0.4, 0.5) is 74.6 Å². The molecule has 0 rings (SSSR count). The maximum Gasteiger partial charge on any atom is 0.423 e. The Morgan fingerprint density at radius 3 is 0.852 bits per heavy atom. The van der Waals surface area contributed by atoms with Crippen LogP contribution in [0.5, 0.6) is 0 Å². The van der Waals surface area contributed by atoms with Gasteiger partial charge in [0.05, 0.1) is 0 Å². The molecule has 164 valence electrons. The first-order chi connectivity index (χ1) is 11.3. The first-order valence-corrected chi connectivity index (χ1v) is 5.62. The standard InChI is InChI=1S/C9H3F17O/c10-1-2(11,12)3(13,14)4(15,16)5(17,18)6(19,20)7(21,22)8(23,24)9(25,26)27/h27H,1H2. The third kappa shape index (κ3) is 3.06. The van der Waals surface area contributed by atoms with Crippen LogP contribution in [-0.2, 0) is 0 Å². The number of aliphatic hydroxyl groups is 1. The predicted molar refractivity (Wildman–Crippen MR) is 47.8 cm³/mol. The first-order valence-electron chi connectivity index (χ1n) is 5.62. The van der Waals surface area contributed by atoms with E-state index in [0.717, 1.165) is 0 Å². The molecule has 27 heavy (non-hydrogen) atoms. The molecule has 0 spiro atoms. The van der Waals surface area contributed by atoms with Gasteiger partial charge in [0, 0.05) is 0 Å². The molecule has 0 unspecified atom stereocenters. The van der Waals surface area contributed by atoms with Crippen molar-refractivity contribution in [2.45, 2.75) is 47.6 Å². The van der Waals surface area contributed by atoms with E-state index in [2.05, 4.69) is 0 Å². The van der Waals surface area contributed by atoms with Gasteiger partial charge in [-0.05, 0) is 0 Å². The highest BCUT2D eigenvalue weighted by Gasteiger charge is 2.94. The SMILES string of the molecule is OC(F)(F)C(F)(F)C(F)(F)C(F)(F)C(F)(F)C(F)(F)C(F)(F)C(F)(F)CF.